The highest BCUT2D eigenvalue weighted by Gasteiger charge is 2.06. The second kappa shape index (κ2) is 6.19. The maximum Gasteiger partial charge on any atom is 0.251 e. The second-order valence-electron chi connectivity index (χ2n) is 4.63. The van der Waals surface area contributed by atoms with E-state index in [1.807, 2.05) is 37.3 Å². The quantitative estimate of drug-likeness (QED) is 0.823. The number of carbonyl (C=O) groups excluding carboxylic acids is 1. The molecule has 0 radical (unpaired) electrons. The summed E-state index contributed by atoms with van der Waals surface area (Å²) in [6, 6.07) is 13.9. The molecule has 2 aromatic rings. The maximum absolute atomic E-state index is 12.0. The molecule has 19 heavy (non-hydrogen) atoms. The molecule has 0 aromatic heterocycles. The van der Waals surface area contributed by atoms with Crippen molar-refractivity contribution in [3.05, 3.63) is 68.3 Å². The minimum Gasteiger partial charge on any atom is -0.348 e. The van der Waals surface area contributed by atoms with Crippen LogP contribution in [0.3, 0.4) is 0 Å². The normalized spacial score (nSPS) is 10.3. The number of rotatable bonds is 3. The van der Waals surface area contributed by atoms with E-state index in [9.17, 15) is 4.79 Å². The van der Waals surface area contributed by atoms with E-state index < -0.39 is 0 Å². The molecule has 1 N–H and O–H groups in total. The van der Waals surface area contributed by atoms with Crippen molar-refractivity contribution in [1.29, 1.82) is 0 Å². The highest BCUT2D eigenvalue weighted by Crippen LogP contribution is 2.13. The summed E-state index contributed by atoms with van der Waals surface area (Å²) < 4.78 is 1.11. The molecule has 2 rings (SSSR count). The number of amides is 1. The fourth-order valence-corrected chi connectivity index (χ4v) is 2.24. The van der Waals surface area contributed by atoms with Gasteiger partial charge in [0.1, 0.15) is 0 Å². The van der Waals surface area contributed by atoms with Gasteiger partial charge in [-0.05, 0) is 59.7 Å². The van der Waals surface area contributed by atoms with Crippen LogP contribution in [-0.2, 0) is 6.54 Å². The zero-order valence-electron chi connectivity index (χ0n) is 11.0. The molecular weight excluding hydrogens is 349 g/mol. The summed E-state index contributed by atoms with van der Waals surface area (Å²) in [6.45, 7) is 4.65. The average molecular weight is 365 g/mol. The lowest BCUT2D eigenvalue weighted by molar-refractivity contribution is 0.0951. The third-order valence-corrected chi connectivity index (χ3v) is 4.17. The molecule has 2 aromatic carbocycles. The average Bonchev–Trinajstić information content (AvgIpc) is 2.41. The molecule has 0 aliphatic carbocycles. The van der Waals surface area contributed by atoms with Gasteiger partial charge < -0.3 is 5.32 Å². The van der Waals surface area contributed by atoms with Crippen molar-refractivity contribution in [2.24, 2.45) is 0 Å². The van der Waals surface area contributed by atoms with Gasteiger partial charge in [0.15, 0.2) is 0 Å². The Balaban J connectivity index is 2.01. The zero-order valence-corrected chi connectivity index (χ0v) is 13.2. The van der Waals surface area contributed by atoms with Gasteiger partial charge in [-0.1, -0.05) is 35.9 Å². The molecule has 0 bridgehead atoms. The Labute approximate surface area is 127 Å². The van der Waals surface area contributed by atoms with Crippen LogP contribution in [0.2, 0.25) is 0 Å². The molecule has 3 heteroatoms. The first kappa shape index (κ1) is 14.1. The monoisotopic (exact) mass is 365 g/mol. The fourth-order valence-electron chi connectivity index (χ4n) is 1.72. The van der Waals surface area contributed by atoms with Crippen LogP contribution in [0.1, 0.15) is 27.0 Å². The fraction of sp³-hybridized carbons (Fsp3) is 0.188. The maximum atomic E-state index is 12.0. The molecule has 0 atom stereocenters. The van der Waals surface area contributed by atoms with Gasteiger partial charge in [0.25, 0.3) is 5.91 Å². The largest absolute Gasteiger partial charge is 0.348 e. The van der Waals surface area contributed by atoms with Gasteiger partial charge in [-0.25, -0.2) is 0 Å². The summed E-state index contributed by atoms with van der Waals surface area (Å²) in [5.74, 6) is -0.0292. The van der Waals surface area contributed by atoms with E-state index in [4.69, 9.17) is 0 Å². The SMILES string of the molecule is Cc1ccc(CNC(=O)c2ccc(C)c(I)c2)cc1. The molecule has 0 aliphatic heterocycles. The molecular formula is C16H16INO. The van der Waals surface area contributed by atoms with E-state index >= 15 is 0 Å². The zero-order chi connectivity index (χ0) is 13.8. The topological polar surface area (TPSA) is 29.1 Å². The first-order chi connectivity index (χ1) is 9.06. The molecule has 0 aliphatic rings. The van der Waals surface area contributed by atoms with Gasteiger partial charge >= 0.3 is 0 Å². The Morgan fingerprint density at radius 2 is 1.79 bits per heavy atom. The van der Waals surface area contributed by atoms with Crippen LogP contribution in [0.5, 0.6) is 0 Å². The third-order valence-electron chi connectivity index (χ3n) is 3.01. The lowest BCUT2D eigenvalue weighted by Gasteiger charge is -2.07. The molecule has 0 unspecified atom stereocenters. The van der Waals surface area contributed by atoms with Crippen molar-refractivity contribution < 1.29 is 4.79 Å². The Morgan fingerprint density at radius 3 is 2.42 bits per heavy atom. The van der Waals surface area contributed by atoms with E-state index in [2.05, 4.69) is 47.0 Å². The number of aryl methyl sites for hydroxylation is 2. The highest BCUT2D eigenvalue weighted by atomic mass is 127. The minimum absolute atomic E-state index is 0.0292. The van der Waals surface area contributed by atoms with E-state index in [1.165, 1.54) is 11.1 Å². The van der Waals surface area contributed by atoms with Gasteiger partial charge in [-0.15, -0.1) is 0 Å². The van der Waals surface area contributed by atoms with Crippen LogP contribution in [0.25, 0.3) is 0 Å². The van der Waals surface area contributed by atoms with Crippen molar-refractivity contribution in [3.8, 4) is 0 Å². The standard InChI is InChI=1S/C16H16INO/c1-11-3-6-13(7-4-11)10-18-16(19)14-8-5-12(2)15(17)9-14/h3-9H,10H2,1-2H3,(H,18,19). The summed E-state index contributed by atoms with van der Waals surface area (Å²) in [6.07, 6.45) is 0. The number of nitrogens with one attached hydrogen (secondary N) is 1. The van der Waals surface area contributed by atoms with Crippen LogP contribution in [-0.4, -0.2) is 5.91 Å². The van der Waals surface area contributed by atoms with Crippen molar-refractivity contribution >= 4 is 28.5 Å². The Bertz CT molecular complexity index is 590. The number of hydrogen-bond donors (Lipinski definition) is 1. The number of halogens is 1. The Morgan fingerprint density at radius 1 is 1.11 bits per heavy atom. The Hall–Kier alpha value is -1.36. The van der Waals surface area contributed by atoms with Crippen molar-refractivity contribution in [2.75, 3.05) is 0 Å². The molecule has 1 amide bonds. The van der Waals surface area contributed by atoms with E-state index in [-0.39, 0.29) is 5.91 Å². The molecule has 0 spiro atoms. The lowest BCUT2D eigenvalue weighted by Crippen LogP contribution is -2.22. The summed E-state index contributed by atoms with van der Waals surface area (Å²) >= 11 is 2.25. The summed E-state index contributed by atoms with van der Waals surface area (Å²) in [5.41, 5.74) is 4.24. The van der Waals surface area contributed by atoms with Gasteiger partial charge in [0.2, 0.25) is 0 Å². The second-order valence-corrected chi connectivity index (χ2v) is 5.79. The summed E-state index contributed by atoms with van der Waals surface area (Å²) in [7, 11) is 0. The predicted octanol–water partition coefficient (Wildman–Crippen LogP) is 3.84. The molecule has 0 fully saturated rings. The first-order valence-electron chi connectivity index (χ1n) is 6.16. The van der Waals surface area contributed by atoms with E-state index in [0.717, 1.165) is 9.13 Å². The lowest BCUT2D eigenvalue weighted by atomic mass is 10.1. The summed E-state index contributed by atoms with van der Waals surface area (Å²) in [4.78, 5) is 12.0. The van der Waals surface area contributed by atoms with Gasteiger partial charge in [0.05, 0.1) is 0 Å². The number of benzene rings is 2. The van der Waals surface area contributed by atoms with Crippen LogP contribution < -0.4 is 5.32 Å². The van der Waals surface area contributed by atoms with Crippen LogP contribution in [0.15, 0.2) is 42.5 Å². The Kier molecular flexibility index (Phi) is 4.58. The van der Waals surface area contributed by atoms with Gasteiger partial charge in [0, 0.05) is 15.7 Å². The molecule has 0 saturated heterocycles. The molecule has 98 valence electrons. The minimum atomic E-state index is -0.0292. The van der Waals surface area contributed by atoms with E-state index in [1.54, 1.807) is 0 Å². The van der Waals surface area contributed by atoms with Crippen molar-refractivity contribution in [3.63, 3.8) is 0 Å². The van der Waals surface area contributed by atoms with Crippen LogP contribution in [0, 0.1) is 17.4 Å². The predicted molar refractivity (Wildman–Crippen MR) is 86.2 cm³/mol. The molecule has 0 heterocycles. The summed E-state index contributed by atoms with van der Waals surface area (Å²) in [5, 5.41) is 2.94. The van der Waals surface area contributed by atoms with E-state index in [0.29, 0.717) is 12.1 Å². The van der Waals surface area contributed by atoms with Crippen LogP contribution >= 0.6 is 22.6 Å². The molecule has 2 nitrogen and oxygen atoms in total. The van der Waals surface area contributed by atoms with Crippen molar-refractivity contribution in [1.82, 2.24) is 5.32 Å². The highest BCUT2D eigenvalue weighted by molar-refractivity contribution is 14.1. The first-order valence-corrected chi connectivity index (χ1v) is 7.24. The number of hydrogen-bond acceptors (Lipinski definition) is 1. The van der Waals surface area contributed by atoms with Gasteiger partial charge in [-0.2, -0.15) is 0 Å². The van der Waals surface area contributed by atoms with Crippen LogP contribution in [0.4, 0.5) is 0 Å². The smallest absolute Gasteiger partial charge is 0.251 e. The van der Waals surface area contributed by atoms with Crippen molar-refractivity contribution in [2.45, 2.75) is 20.4 Å². The number of carbonyl (C=O) groups is 1. The third kappa shape index (κ3) is 3.80. The van der Waals surface area contributed by atoms with Gasteiger partial charge in [-0.3, -0.25) is 4.79 Å². The molecule has 0 saturated carbocycles.